The van der Waals surface area contributed by atoms with E-state index in [-0.39, 0.29) is 17.0 Å². The van der Waals surface area contributed by atoms with E-state index >= 15 is 0 Å². The second kappa shape index (κ2) is 8.74. The number of benzene rings is 2. The Morgan fingerprint density at radius 1 is 0.840 bits per heavy atom. The van der Waals surface area contributed by atoms with Crippen LogP contribution in [0.4, 0.5) is 0 Å². The lowest BCUT2D eigenvalue weighted by Gasteiger charge is -2.33. The van der Waals surface area contributed by atoms with Gasteiger partial charge in [-0.2, -0.15) is 0 Å². The van der Waals surface area contributed by atoms with E-state index < -0.39 is 6.04 Å². The highest BCUT2D eigenvalue weighted by atomic mass is 16.6. The third-order valence-corrected chi connectivity index (χ3v) is 4.92. The van der Waals surface area contributed by atoms with E-state index in [0.29, 0.717) is 13.1 Å². The minimum atomic E-state index is -0.596. The second-order valence-electron chi connectivity index (χ2n) is 6.65. The molecule has 0 amide bonds. The molecule has 0 bridgehead atoms. The molecule has 0 spiro atoms. The van der Waals surface area contributed by atoms with Crippen molar-refractivity contribution in [2.75, 3.05) is 0 Å². The highest BCUT2D eigenvalue weighted by Crippen LogP contribution is 2.22. The Hall–Kier alpha value is -2.24. The van der Waals surface area contributed by atoms with E-state index in [1.165, 1.54) is 0 Å². The zero-order valence-corrected chi connectivity index (χ0v) is 14.3. The summed E-state index contributed by atoms with van der Waals surface area (Å²) in [4.78, 5) is 11.6. The Bertz CT molecular complexity index is 612. The highest BCUT2D eigenvalue weighted by Gasteiger charge is 2.41. The Balaban J connectivity index is 1.61. The molecule has 2 atom stereocenters. The molecule has 5 nitrogen and oxygen atoms in total. The van der Waals surface area contributed by atoms with Gasteiger partial charge in [-0.1, -0.05) is 60.7 Å². The van der Waals surface area contributed by atoms with Crippen LogP contribution in [0.3, 0.4) is 0 Å². The summed E-state index contributed by atoms with van der Waals surface area (Å²) in [5.74, 6) is 0. The van der Waals surface area contributed by atoms with Gasteiger partial charge in [0.05, 0.1) is 12.1 Å². The summed E-state index contributed by atoms with van der Waals surface area (Å²) in [5, 5.41) is 18.6. The summed E-state index contributed by atoms with van der Waals surface area (Å²) in [6.45, 7) is 1.34. The van der Waals surface area contributed by atoms with Gasteiger partial charge >= 0.3 is 0 Å². The SMILES string of the molecule is O=[N+]([O-])C1[C@H](NCc2ccccc2)CCC[C@H]1NCc1ccccc1. The number of rotatable bonds is 7. The monoisotopic (exact) mass is 339 g/mol. The van der Waals surface area contributed by atoms with Crippen molar-refractivity contribution in [1.82, 2.24) is 10.6 Å². The maximum atomic E-state index is 11.7. The number of hydrogen-bond donors (Lipinski definition) is 2. The molecule has 0 radical (unpaired) electrons. The van der Waals surface area contributed by atoms with Gasteiger partial charge in [-0.25, -0.2) is 0 Å². The fraction of sp³-hybridized carbons (Fsp3) is 0.400. The van der Waals surface area contributed by atoms with E-state index in [9.17, 15) is 10.1 Å². The van der Waals surface area contributed by atoms with Crippen molar-refractivity contribution in [3.05, 3.63) is 81.9 Å². The molecule has 132 valence electrons. The molecule has 1 aliphatic carbocycles. The van der Waals surface area contributed by atoms with Crippen molar-refractivity contribution in [3.63, 3.8) is 0 Å². The number of nitrogens with zero attached hydrogens (tertiary/aromatic N) is 1. The fourth-order valence-corrected chi connectivity index (χ4v) is 3.61. The summed E-state index contributed by atoms with van der Waals surface area (Å²) in [7, 11) is 0. The smallest absolute Gasteiger partial charge is 0.243 e. The normalized spacial score (nSPS) is 21.1. The molecule has 0 aliphatic heterocycles. The molecule has 2 aromatic carbocycles. The van der Waals surface area contributed by atoms with Crippen LogP contribution in [0.15, 0.2) is 60.7 Å². The molecular formula is C20H25N3O2. The van der Waals surface area contributed by atoms with Gasteiger partial charge in [0, 0.05) is 18.0 Å². The van der Waals surface area contributed by atoms with Gasteiger partial charge in [0.2, 0.25) is 6.04 Å². The fourth-order valence-electron chi connectivity index (χ4n) is 3.61. The van der Waals surface area contributed by atoms with Crippen LogP contribution in [-0.2, 0) is 13.1 Å². The van der Waals surface area contributed by atoms with Crippen molar-refractivity contribution < 1.29 is 4.92 Å². The number of hydrogen-bond acceptors (Lipinski definition) is 4. The third-order valence-electron chi connectivity index (χ3n) is 4.92. The van der Waals surface area contributed by atoms with Gasteiger partial charge in [-0.15, -0.1) is 0 Å². The maximum Gasteiger partial charge on any atom is 0.243 e. The molecule has 1 aliphatic rings. The predicted octanol–water partition coefficient (Wildman–Crippen LogP) is 3.13. The minimum absolute atomic E-state index is 0.0998. The van der Waals surface area contributed by atoms with Crippen LogP contribution >= 0.6 is 0 Å². The van der Waals surface area contributed by atoms with Crippen LogP contribution in [0.2, 0.25) is 0 Å². The maximum absolute atomic E-state index is 11.7. The second-order valence-corrected chi connectivity index (χ2v) is 6.65. The van der Waals surface area contributed by atoms with Crippen molar-refractivity contribution in [3.8, 4) is 0 Å². The first-order chi connectivity index (χ1) is 12.2. The molecule has 25 heavy (non-hydrogen) atoms. The van der Waals surface area contributed by atoms with Gasteiger partial charge in [0.1, 0.15) is 0 Å². The van der Waals surface area contributed by atoms with E-state index in [1.54, 1.807) is 0 Å². The number of nitro groups is 1. The van der Waals surface area contributed by atoms with Crippen molar-refractivity contribution >= 4 is 0 Å². The zero-order valence-electron chi connectivity index (χ0n) is 14.3. The van der Waals surface area contributed by atoms with Crippen LogP contribution in [0, 0.1) is 10.1 Å². The Labute approximate surface area is 148 Å². The average Bonchev–Trinajstić information content (AvgIpc) is 2.66. The van der Waals surface area contributed by atoms with Gasteiger partial charge in [0.25, 0.3) is 0 Å². The molecule has 0 heterocycles. The van der Waals surface area contributed by atoms with Crippen molar-refractivity contribution in [2.24, 2.45) is 0 Å². The largest absolute Gasteiger partial charge is 0.304 e. The summed E-state index contributed by atoms with van der Waals surface area (Å²) < 4.78 is 0. The zero-order chi connectivity index (χ0) is 17.5. The predicted molar refractivity (Wildman–Crippen MR) is 98.8 cm³/mol. The molecule has 1 fully saturated rings. The van der Waals surface area contributed by atoms with Crippen LogP contribution in [0.5, 0.6) is 0 Å². The van der Waals surface area contributed by atoms with Crippen molar-refractivity contribution in [1.29, 1.82) is 0 Å². The summed E-state index contributed by atoms with van der Waals surface area (Å²) in [6.07, 6.45) is 2.70. The molecule has 2 aromatic rings. The standard InChI is InChI=1S/C20H25N3O2/c24-23(25)20-18(21-14-16-8-3-1-4-9-16)12-7-13-19(20)22-15-17-10-5-2-6-11-17/h1-6,8-11,18-22H,7,12-15H2/t18-,19-/m1/s1. The minimum Gasteiger partial charge on any atom is -0.304 e. The van der Waals surface area contributed by atoms with E-state index in [4.69, 9.17) is 0 Å². The van der Waals surface area contributed by atoms with E-state index in [1.807, 2.05) is 60.7 Å². The van der Waals surface area contributed by atoms with Crippen LogP contribution in [-0.4, -0.2) is 23.0 Å². The van der Waals surface area contributed by atoms with Gasteiger partial charge in [0.15, 0.2) is 0 Å². The first-order valence-corrected chi connectivity index (χ1v) is 8.92. The van der Waals surface area contributed by atoms with Gasteiger partial charge < -0.3 is 10.6 Å². The first-order valence-electron chi connectivity index (χ1n) is 8.92. The molecule has 0 aromatic heterocycles. The Morgan fingerprint density at radius 2 is 1.28 bits per heavy atom. The quantitative estimate of drug-likeness (QED) is 0.601. The topological polar surface area (TPSA) is 67.2 Å². The Morgan fingerprint density at radius 3 is 1.68 bits per heavy atom. The highest BCUT2D eigenvalue weighted by molar-refractivity contribution is 5.15. The van der Waals surface area contributed by atoms with Crippen LogP contribution in [0.25, 0.3) is 0 Å². The third kappa shape index (κ3) is 4.87. The van der Waals surface area contributed by atoms with E-state index in [2.05, 4.69) is 10.6 Å². The molecule has 5 heteroatoms. The first kappa shape index (κ1) is 17.6. The van der Waals surface area contributed by atoms with Gasteiger partial charge in [-0.05, 0) is 30.4 Å². The molecule has 0 unspecified atom stereocenters. The molecule has 2 N–H and O–H groups in total. The lowest BCUT2D eigenvalue weighted by atomic mass is 9.86. The number of nitrogens with one attached hydrogen (secondary N) is 2. The van der Waals surface area contributed by atoms with E-state index in [0.717, 1.165) is 30.4 Å². The molecule has 1 saturated carbocycles. The lowest BCUT2D eigenvalue weighted by molar-refractivity contribution is -0.534. The van der Waals surface area contributed by atoms with Crippen molar-refractivity contribution in [2.45, 2.75) is 50.5 Å². The molecule has 3 rings (SSSR count). The lowest BCUT2D eigenvalue weighted by Crippen LogP contribution is -2.57. The van der Waals surface area contributed by atoms with Gasteiger partial charge in [-0.3, -0.25) is 10.1 Å². The summed E-state index contributed by atoms with van der Waals surface area (Å²) in [5.41, 5.74) is 2.31. The van der Waals surface area contributed by atoms with Crippen LogP contribution in [0.1, 0.15) is 30.4 Å². The molecule has 0 saturated heterocycles. The van der Waals surface area contributed by atoms with Crippen LogP contribution < -0.4 is 10.6 Å². The summed E-state index contributed by atoms with van der Waals surface area (Å²) >= 11 is 0. The molecular weight excluding hydrogens is 314 g/mol. The Kier molecular flexibility index (Phi) is 6.14. The average molecular weight is 339 g/mol. The summed E-state index contributed by atoms with van der Waals surface area (Å²) in [6, 6.07) is 19.3.